The van der Waals surface area contributed by atoms with E-state index in [0.717, 1.165) is 11.6 Å². The monoisotopic (exact) mass is 425 g/mol. The molecular formula is C23H27F4NO2. The van der Waals surface area contributed by atoms with Gasteiger partial charge in [0.1, 0.15) is 5.82 Å². The van der Waals surface area contributed by atoms with E-state index in [4.69, 9.17) is 9.47 Å². The van der Waals surface area contributed by atoms with Crippen molar-refractivity contribution < 1.29 is 27.0 Å². The number of halogens is 4. The maximum Gasteiger partial charge on any atom is 0.416 e. The predicted molar refractivity (Wildman–Crippen MR) is 107 cm³/mol. The number of ether oxygens (including phenoxy) is 2. The first-order valence-electron chi connectivity index (χ1n) is 9.94. The van der Waals surface area contributed by atoms with E-state index in [0.29, 0.717) is 24.3 Å². The van der Waals surface area contributed by atoms with Gasteiger partial charge in [-0.15, -0.1) is 0 Å². The number of alkyl halides is 3. The van der Waals surface area contributed by atoms with Crippen LogP contribution in [0.1, 0.15) is 62.1 Å². The van der Waals surface area contributed by atoms with Crippen LogP contribution in [0.15, 0.2) is 42.5 Å². The van der Waals surface area contributed by atoms with Gasteiger partial charge in [-0.2, -0.15) is 13.2 Å². The number of nitrogens with one attached hydrogen (secondary N) is 1. The largest absolute Gasteiger partial charge is 0.416 e. The first-order valence-corrected chi connectivity index (χ1v) is 9.94. The number of rotatable bonds is 4. The highest BCUT2D eigenvalue weighted by Crippen LogP contribution is 2.37. The van der Waals surface area contributed by atoms with E-state index in [1.165, 1.54) is 18.2 Å². The Morgan fingerprint density at radius 3 is 2.27 bits per heavy atom. The van der Waals surface area contributed by atoms with E-state index in [2.05, 4.69) is 5.32 Å². The van der Waals surface area contributed by atoms with E-state index in [1.54, 1.807) is 25.1 Å². The van der Waals surface area contributed by atoms with Gasteiger partial charge in [-0.25, -0.2) is 4.39 Å². The molecule has 0 spiro atoms. The number of benzene rings is 2. The average Bonchev–Trinajstić information content (AvgIpc) is 2.67. The van der Waals surface area contributed by atoms with E-state index in [9.17, 15) is 17.6 Å². The SMILES string of the molecule is C[C@@H](O[C@H]1OCCN[C@H]1c1ccc(F)cc1)c1cc(C(C)(C)C)cc(C(F)(F)F)c1. The molecule has 0 radical (unpaired) electrons. The van der Waals surface area contributed by atoms with Crippen molar-refractivity contribution in [1.29, 1.82) is 0 Å². The molecule has 0 unspecified atom stereocenters. The molecule has 3 atom stereocenters. The molecule has 164 valence electrons. The maximum absolute atomic E-state index is 13.5. The van der Waals surface area contributed by atoms with Crippen LogP contribution in [0.4, 0.5) is 17.6 Å². The molecule has 1 N–H and O–H groups in total. The summed E-state index contributed by atoms with van der Waals surface area (Å²) in [5, 5.41) is 3.28. The van der Waals surface area contributed by atoms with Crippen LogP contribution in [0.2, 0.25) is 0 Å². The summed E-state index contributed by atoms with van der Waals surface area (Å²) in [4.78, 5) is 0. The Morgan fingerprint density at radius 1 is 1.03 bits per heavy atom. The van der Waals surface area contributed by atoms with Gasteiger partial charge in [0, 0.05) is 6.54 Å². The highest BCUT2D eigenvalue weighted by molar-refractivity contribution is 5.36. The molecule has 0 aliphatic carbocycles. The lowest BCUT2D eigenvalue weighted by Gasteiger charge is -2.35. The Kier molecular flexibility index (Phi) is 6.55. The summed E-state index contributed by atoms with van der Waals surface area (Å²) in [6, 6.07) is 9.72. The van der Waals surface area contributed by atoms with Gasteiger partial charge in [-0.3, -0.25) is 0 Å². The van der Waals surface area contributed by atoms with Gasteiger partial charge < -0.3 is 14.8 Å². The normalized spacial score (nSPS) is 21.5. The second kappa shape index (κ2) is 8.65. The zero-order chi connectivity index (χ0) is 22.1. The zero-order valence-electron chi connectivity index (χ0n) is 17.5. The van der Waals surface area contributed by atoms with Gasteiger partial charge in [0.05, 0.1) is 24.3 Å². The summed E-state index contributed by atoms with van der Waals surface area (Å²) < 4.78 is 65.5. The summed E-state index contributed by atoms with van der Waals surface area (Å²) in [6.07, 6.45) is -5.80. The molecule has 1 aliphatic rings. The van der Waals surface area contributed by atoms with Crippen molar-refractivity contribution >= 4 is 0 Å². The minimum absolute atomic E-state index is 0.347. The molecule has 1 aliphatic heterocycles. The van der Waals surface area contributed by atoms with Crippen LogP contribution in [0.25, 0.3) is 0 Å². The summed E-state index contributed by atoms with van der Waals surface area (Å²) in [6.45, 7) is 8.32. The van der Waals surface area contributed by atoms with Crippen molar-refractivity contribution in [3.63, 3.8) is 0 Å². The molecule has 0 bridgehead atoms. The van der Waals surface area contributed by atoms with Crippen molar-refractivity contribution in [2.24, 2.45) is 0 Å². The lowest BCUT2D eigenvalue weighted by atomic mass is 9.84. The van der Waals surface area contributed by atoms with Gasteiger partial charge in [0.15, 0.2) is 6.29 Å². The Bertz CT molecular complexity index is 827. The van der Waals surface area contributed by atoms with E-state index < -0.39 is 29.5 Å². The quantitative estimate of drug-likeness (QED) is 0.618. The summed E-state index contributed by atoms with van der Waals surface area (Å²) >= 11 is 0. The van der Waals surface area contributed by atoms with Crippen LogP contribution in [0, 0.1) is 5.82 Å². The van der Waals surface area contributed by atoms with Crippen LogP contribution in [0.3, 0.4) is 0 Å². The fraction of sp³-hybridized carbons (Fsp3) is 0.478. The Labute approximate surface area is 174 Å². The average molecular weight is 425 g/mol. The Balaban J connectivity index is 1.88. The van der Waals surface area contributed by atoms with Crippen molar-refractivity contribution in [2.45, 2.75) is 57.7 Å². The van der Waals surface area contributed by atoms with Crippen molar-refractivity contribution in [2.75, 3.05) is 13.2 Å². The zero-order valence-corrected chi connectivity index (χ0v) is 17.5. The second-order valence-corrected chi connectivity index (χ2v) is 8.59. The van der Waals surface area contributed by atoms with E-state index in [1.807, 2.05) is 20.8 Å². The molecule has 1 heterocycles. The fourth-order valence-corrected chi connectivity index (χ4v) is 3.41. The number of morpholine rings is 1. The van der Waals surface area contributed by atoms with Gasteiger partial charge in [-0.05, 0) is 53.3 Å². The minimum Gasteiger partial charge on any atom is -0.349 e. The molecule has 7 heteroatoms. The minimum atomic E-state index is -4.45. The molecule has 1 saturated heterocycles. The summed E-state index contributed by atoms with van der Waals surface area (Å²) in [5.41, 5.74) is 0.656. The first-order chi connectivity index (χ1) is 13.9. The van der Waals surface area contributed by atoms with Crippen LogP contribution >= 0.6 is 0 Å². The number of hydrogen-bond acceptors (Lipinski definition) is 3. The summed E-state index contributed by atoms with van der Waals surface area (Å²) in [7, 11) is 0. The molecule has 2 aromatic rings. The van der Waals surface area contributed by atoms with Crippen LogP contribution in [-0.2, 0) is 21.1 Å². The lowest BCUT2D eigenvalue weighted by Crippen LogP contribution is -2.43. The molecule has 0 saturated carbocycles. The molecule has 2 aromatic carbocycles. The topological polar surface area (TPSA) is 30.5 Å². The molecule has 3 rings (SSSR count). The molecule has 0 amide bonds. The molecule has 0 aromatic heterocycles. The molecular weight excluding hydrogens is 398 g/mol. The van der Waals surface area contributed by atoms with Gasteiger partial charge in [0.25, 0.3) is 0 Å². The standard InChI is InChI=1S/C23H27F4NO2/c1-14(16-11-17(22(2,3)4)13-18(12-16)23(25,26)27)30-21-20(28-9-10-29-21)15-5-7-19(24)8-6-15/h5-8,11-14,20-21,28H,9-10H2,1-4H3/t14-,20+,21-/m1/s1. The van der Waals surface area contributed by atoms with Crippen LogP contribution in [-0.4, -0.2) is 19.4 Å². The molecule has 3 nitrogen and oxygen atoms in total. The maximum atomic E-state index is 13.5. The first kappa shape index (κ1) is 22.7. The third kappa shape index (κ3) is 5.39. The van der Waals surface area contributed by atoms with Gasteiger partial charge in [-0.1, -0.05) is 39.0 Å². The third-order valence-electron chi connectivity index (χ3n) is 5.21. The molecule has 30 heavy (non-hydrogen) atoms. The smallest absolute Gasteiger partial charge is 0.349 e. The van der Waals surface area contributed by atoms with Crippen molar-refractivity contribution in [3.05, 3.63) is 70.5 Å². The second-order valence-electron chi connectivity index (χ2n) is 8.59. The summed E-state index contributed by atoms with van der Waals surface area (Å²) in [5.74, 6) is -0.347. The number of hydrogen-bond donors (Lipinski definition) is 1. The fourth-order valence-electron chi connectivity index (χ4n) is 3.41. The highest BCUT2D eigenvalue weighted by atomic mass is 19.4. The van der Waals surface area contributed by atoms with Gasteiger partial charge >= 0.3 is 6.18 Å². The third-order valence-corrected chi connectivity index (χ3v) is 5.21. The van der Waals surface area contributed by atoms with Gasteiger partial charge in [0.2, 0.25) is 0 Å². The lowest BCUT2D eigenvalue weighted by molar-refractivity contribution is -0.200. The van der Waals surface area contributed by atoms with Crippen molar-refractivity contribution in [1.82, 2.24) is 5.32 Å². The Morgan fingerprint density at radius 2 is 1.67 bits per heavy atom. The predicted octanol–water partition coefficient (Wildman–Crippen LogP) is 5.91. The van der Waals surface area contributed by atoms with Crippen LogP contribution < -0.4 is 5.32 Å². The highest BCUT2D eigenvalue weighted by Gasteiger charge is 2.34. The molecule has 1 fully saturated rings. The van der Waals surface area contributed by atoms with Crippen LogP contribution in [0.5, 0.6) is 0 Å². The van der Waals surface area contributed by atoms with Crippen molar-refractivity contribution in [3.8, 4) is 0 Å². The Hall–Kier alpha value is -1.96. The van der Waals surface area contributed by atoms with E-state index in [-0.39, 0.29) is 11.9 Å². The van der Waals surface area contributed by atoms with E-state index >= 15 is 0 Å².